The summed E-state index contributed by atoms with van der Waals surface area (Å²) >= 11 is 8.81. The molecule has 0 aliphatic carbocycles. The van der Waals surface area contributed by atoms with Crippen molar-refractivity contribution < 1.29 is 9.59 Å². The fourth-order valence-electron chi connectivity index (χ4n) is 5.16. The fourth-order valence-corrected chi connectivity index (χ4v) is 5.91. The molecule has 1 N–H and O–H groups in total. The van der Waals surface area contributed by atoms with Gasteiger partial charge in [-0.15, -0.1) is 0 Å². The SMILES string of the molecule is CCCN1c2ccc(/C=C3/C(=O)NC(=S)N(c4ccc(Br)cc4C)C3=O)cc2C(C)CC1(C)C. The molecule has 2 aromatic rings. The Balaban J connectivity index is 1.73. The van der Waals surface area contributed by atoms with E-state index in [1.165, 1.54) is 16.2 Å². The van der Waals surface area contributed by atoms with Crippen molar-refractivity contribution in [2.75, 3.05) is 16.3 Å². The maximum absolute atomic E-state index is 13.5. The van der Waals surface area contributed by atoms with Crippen LogP contribution in [0.4, 0.5) is 11.4 Å². The third-order valence-electron chi connectivity index (χ3n) is 6.67. The molecule has 1 unspecified atom stereocenters. The molecule has 2 heterocycles. The van der Waals surface area contributed by atoms with Crippen LogP contribution >= 0.6 is 28.1 Å². The number of amides is 2. The number of thiocarbonyl (C=S) groups is 1. The predicted octanol–water partition coefficient (Wildman–Crippen LogP) is 6.09. The highest BCUT2D eigenvalue weighted by atomic mass is 79.9. The van der Waals surface area contributed by atoms with Gasteiger partial charge in [0.25, 0.3) is 11.8 Å². The summed E-state index contributed by atoms with van der Waals surface area (Å²) in [7, 11) is 0. The van der Waals surface area contributed by atoms with Crippen LogP contribution in [0.25, 0.3) is 6.08 Å². The molecule has 2 aromatic carbocycles. The number of anilines is 2. The van der Waals surface area contributed by atoms with Gasteiger partial charge in [-0.05, 0) is 105 Å². The summed E-state index contributed by atoms with van der Waals surface area (Å²) in [6.45, 7) is 11.9. The van der Waals surface area contributed by atoms with Gasteiger partial charge in [0.15, 0.2) is 5.11 Å². The minimum atomic E-state index is -0.472. The molecule has 2 aliphatic heterocycles. The number of nitrogens with zero attached hydrogens (tertiary/aromatic N) is 2. The smallest absolute Gasteiger partial charge is 0.270 e. The van der Waals surface area contributed by atoms with Crippen molar-refractivity contribution in [2.24, 2.45) is 0 Å². The Bertz CT molecular complexity index is 1220. The van der Waals surface area contributed by atoms with Crippen LogP contribution in [0.15, 0.2) is 46.4 Å². The molecule has 1 saturated heterocycles. The van der Waals surface area contributed by atoms with Gasteiger partial charge in [0.05, 0.1) is 5.69 Å². The molecule has 0 radical (unpaired) electrons. The molecule has 1 atom stereocenters. The van der Waals surface area contributed by atoms with Crippen molar-refractivity contribution in [3.8, 4) is 0 Å². The lowest BCUT2D eigenvalue weighted by Gasteiger charge is -2.47. The van der Waals surface area contributed by atoms with Crippen molar-refractivity contribution in [1.82, 2.24) is 5.32 Å². The first kappa shape index (κ1) is 24.6. The Labute approximate surface area is 215 Å². The van der Waals surface area contributed by atoms with E-state index in [9.17, 15) is 9.59 Å². The lowest BCUT2D eigenvalue weighted by molar-refractivity contribution is -0.122. The van der Waals surface area contributed by atoms with Gasteiger partial charge in [0.2, 0.25) is 0 Å². The summed E-state index contributed by atoms with van der Waals surface area (Å²) in [5.74, 6) is -0.513. The quantitative estimate of drug-likeness (QED) is 0.290. The second-order valence-electron chi connectivity index (χ2n) is 9.78. The van der Waals surface area contributed by atoms with E-state index in [-0.39, 0.29) is 16.2 Å². The molecule has 4 rings (SSSR count). The number of benzene rings is 2. The Kier molecular flexibility index (Phi) is 6.71. The van der Waals surface area contributed by atoms with Crippen LogP contribution in [0.2, 0.25) is 0 Å². The maximum atomic E-state index is 13.5. The number of fused-ring (bicyclic) bond motifs is 1. The third-order valence-corrected chi connectivity index (χ3v) is 7.45. The van der Waals surface area contributed by atoms with Crippen molar-refractivity contribution in [2.45, 2.75) is 58.9 Å². The summed E-state index contributed by atoms with van der Waals surface area (Å²) < 4.78 is 0.910. The van der Waals surface area contributed by atoms with Gasteiger partial charge >= 0.3 is 0 Å². The van der Waals surface area contributed by atoms with Crippen molar-refractivity contribution in [3.05, 3.63) is 63.1 Å². The Morgan fingerprint density at radius 2 is 1.88 bits per heavy atom. The van der Waals surface area contributed by atoms with Crippen LogP contribution in [0, 0.1) is 6.92 Å². The largest absolute Gasteiger partial charge is 0.366 e. The summed E-state index contributed by atoms with van der Waals surface area (Å²) in [6, 6.07) is 11.8. The summed E-state index contributed by atoms with van der Waals surface area (Å²) in [5.41, 5.74) is 5.01. The standard InChI is InChI=1S/C27H30BrN3O2S/c1-6-11-30-23-9-7-18(13-20(23)17(3)15-27(30,4)5)14-21-24(32)29-26(34)31(25(21)33)22-10-8-19(28)12-16(22)2/h7-10,12-14,17H,6,11,15H2,1-5H3,(H,29,32,34)/b21-14-. The first-order valence-electron chi connectivity index (χ1n) is 11.6. The van der Waals surface area contributed by atoms with Gasteiger partial charge in [-0.25, -0.2) is 0 Å². The Morgan fingerprint density at radius 1 is 1.18 bits per heavy atom. The highest BCUT2D eigenvalue weighted by Gasteiger charge is 2.37. The minimum Gasteiger partial charge on any atom is -0.366 e. The lowest BCUT2D eigenvalue weighted by Crippen LogP contribution is -2.54. The first-order chi connectivity index (χ1) is 16.0. The normalized spacial score (nSPS) is 21.1. The predicted molar refractivity (Wildman–Crippen MR) is 146 cm³/mol. The molecule has 0 saturated carbocycles. The second-order valence-corrected chi connectivity index (χ2v) is 11.1. The van der Waals surface area contributed by atoms with Crippen LogP contribution in [0.5, 0.6) is 0 Å². The van der Waals surface area contributed by atoms with E-state index < -0.39 is 11.8 Å². The van der Waals surface area contributed by atoms with E-state index in [0.29, 0.717) is 11.6 Å². The van der Waals surface area contributed by atoms with E-state index in [2.05, 4.69) is 66.0 Å². The molecule has 2 aliphatic rings. The number of rotatable bonds is 4. The average molecular weight is 541 g/mol. The number of carbonyl (C=O) groups is 2. The van der Waals surface area contributed by atoms with Crippen molar-refractivity contribution >= 4 is 62.5 Å². The summed E-state index contributed by atoms with van der Waals surface area (Å²) in [6.07, 6.45) is 3.80. The van der Waals surface area contributed by atoms with Gasteiger partial charge in [0, 0.05) is 22.2 Å². The van der Waals surface area contributed by atoms with Gasteiger partial charge in [-0.2, -0.15) is 0 Å². The molecule has 1 fully saturated rings. The van der Waals surface area contributed by atoms with Crippen LogP contribution in [-0.2, 0) is 9.59 Å². The highest BCUT2D eigenvalue weighted by Crippen LogP contribution is 2.44. The van der Waals surface area contributed by atoms with Crippen LogP contribution in [0.1, 0.15) is 63.1 Å². The Hall–Kier alpha value is -2.51. The molecule has 7 heteroatoms. The number of hydrogen-bond acceptors (Lipinski definition) is 4. The van der Waals surface area contributed by atoms with E-state index >= 15 is 0 Å². The third kappa shape index (κ3) is 4.43. The van der Waals surface area contributed by atoms with Gasteiger partial charge in [-0.3, -0.25) is 19.8 Å². The molecule has 5 nitrogen and oxygen atoms in total. The molecule has 0 aromatic heterocycles. The van der Waals surface area contributed by atoms with Gasteiger partial charge in [-0.1, -0.05) is 35.8 Å². The molecular weight excluding hydrogens is 510 g/mol. The Morgan fingerprint density at radius 3 is 2.56 bits per heavy atom. The van der Waals surface area contributed by atoms with Gasteiger partial charge < -0.3 is 4.90 Å². The second kappa shape index (κ2) is 9.27. The molecule has 0 bridgehead atoms. The molecule has 34 heavy (non-hydrogen) atoms. The van der Waals surface area contributed by atoms with Crippen molar-refractivity contribution in [3.63, 3.8) is 0 Å². The topological polar surface area (TPSA) is 52.7 Å². The zero-order valence-corrected chi connectivity index (χ0v) is 22.6. The van der Waals surface area contributed by atoms with Crippen LogP contribution in [0.3, 0.4) is 0 Å². The van der Waals surface area contributed by atoms with Crippen LogP contribution < -0.4 is 15.1 Å². The lowest BCUT2D eigenvalue weighted by atomic mass is 9.79. The zero-order chi connectivity index (χ0) is 24.8. The maximum Gasteiger partial charge on any atom is 0.270 e. The molecule has 178 valence electrons. The number of aryl methyl sites for hydroxylation is 1. The summed E-state index contributed by atoms with van der Waals surface area (Å²) in [4.78, 5) is 30.1. The summed E-state index contributed by atoms with van der Waals surface area (Å²) in [5, 5.41) is 2.78. The van der Waals surface area contributed by atoms with Gasteiger partial charge in [0.1, 0.15) is 5.57 Å². The van der Waals surface area contributed by atoms with E-state index in [0.717, 1.165) is 35.0 Å². The monoisotopic (exact) mass is 539 g/mol. The number of carbonyl (C=O) groups excluding carboxylic acids is 2. The number of hydrogen-bond donors (Lipinski definition) is 1. The molecular formula is C27H30BrN3O2S. The number of halogens is 1. The molecule has 0 spiro atoms. The first-order valence-corrected chi connectivity index (χ1v) is 12.8. The number of nitrogens with one attached hydrogen (secondary N) is 1. The average Bonchev–Trinajstić information content (AvgIpc) is 2.75. The van der Waals surface area contributed by atoms with E-state index in [1.807, 2.05) is 31.2 Å². The highest BCUT2D eigenvalue weighted by molar-refractivity contribution is 9.10. The van der Waals surface area contributed by atoms with Crippen LogP contribution in [-0.4, -0.2) is 29.0 Å². The fraction of sp³-hybridized carbons (Fsp3) is 0.370. The van der Waals surface area contributed by atoms with Crippen molar-refractivity contribution in [1.29, 1.82) is 0 Å². The minimum absolute atomic E-state index is 0.0741. The van der Waals surface area contributed by atoms with E-state index in [1.54, 1.807) is 6.08 Å². The van der Waals surface area contributed by atoms with E-state index in [4.69, 9.17) is 12.2 Å². The zero-order valence-electron chi connectivity index (χ0n) is 20.2. The molecule has 2 amide bonds.